The minimum Gasteiger partial charge on any atom is -0.454 e. The summed E-state index contributed by atoms with van der Waals surface area (Å²) < 4.78 is 39.8. The lowest BCUT2D eigenvalue weighted by molar-refractivity contribution is -0.117. The molecule has 26 heavy (non-hydrogen) atoms. The molecular formula is C19H17F2NO4. The van der Waals surface area contributed by atoms with E-state index in [1.54, 1.807) is 24.3 Å². The predicted molar refractivity (Wildman–Crippen MR) is 91.2 cm³/mol. The van der Waals surface area contributed by atoms with Gasteiger partial charge < -0.3 is 19.5 Å². The Labute approximate surface area is 149 Å². The van der Waals surface area contributed by atoms with Gasteiger partial charge in [-0.25, -0.2) is 0 Å². The zero-order valence-electron chi connectivity index (χ0n) is 13.9. The average Bonchev–Trinajstić information content (AvgIpc) is 3.08. The van der Waals surface area contributed by atoms with E-state index in [-0.39, 0.29) is 24.5 Å². The molecule has 0 saturated carbocycles. The lowest BCUT2D eigenvalue weighted by atomic mass is 10.1. The van der Waals surface area contributed by atoms with Crippen LogP contribution in [0.25, 0.3) is 6.08 Å². The van der Waals surface area contributed by atoms with Crippen LogP contribution in [0.5, 0.6) is 17.2 Å². The second kappa shape index (κ2) is 7.86. The number of hydrogen-bond donors (Lipinski definition) is 1. The average molecular weight is 361 g/mol. The van der Waals surface area contributed by atoms with Crippen molar-refractivity contribution in [2.45, 2.75) is 19.6 Å². The second-order valence-electron chi connectivity index (χ2n) is 5.59. The molecule has 1 aliphatic rings. The number of hydrogen-bond acceptors (Lipinski definition) is 4. The largest absolute Gasteiger partial charge is 0.454 e. The Morgan fingerprint density at radius 2 is 1.96 bits per heavy atom. The lowest BCUT2D eigenvalue weighted by Crippen LogP contribution is -2.24. The van der Waals surface area contributed by atoms with Gasteiger partial charge in [-0.2, -0.15) is 8.78 Å². The SMILES string of the molecule is CC(NC(=O)/C=C/c1ccccc1OC(F)F)c1ccc2c(c1)OCO2. The van der Waals surface area contributed by atoms with Gasteiger partial charge in [-0.3, -0.25) is 4.79 Å². The zero-order valence-corrected chi connectivity index (χ0v) is 13.9. The van der Waals surface area contributed by atoms with E-state index in [1.165, 1.54) is 18.2 Å². The Kier molecular flexibility index (Phi) is 5.36. The highest BCUT2D eigenvalue weighted by atomic mass is 19.3. The molecule has 1 aliphatic heterocycles. The van der Waals surface area contributed by atoms with Gasteiger partial charge in [-0.05, 0) is 36.8 Å². The molecule has 0 aromatic heterocycles. The molecule has 3 rings (SSSR count). The maximum absolute atomic E-state index is 12.4. The van der Waals surface area contributed by atoms with E-state index in [1.807, 2.05) is 19.1 Å². The van der Waals surface area contributed by atoms with Gasteiger partial charge in [0.25, 0.3) is 0 Å². The van der Waals surface area contributed by atoms with Crippen LogP contribution >= 0.6 is 0 Å². The quantitative estimate of drug-likeness (QED) is 0.793. The first-order valence-corrected chi connectivity index (χ1v) is 7.95. The smallest absolute Gasteiger partial charge is 0.387 e. The Balaban J connectivity index is 1.64. The highest BCUT2D eigenvalue weighted by molar-refractivity contribution is 5.92. The fourth-order valence-electron chi connectivity index (χ4n) is 2.51. The summed E-state index contributed by atoms with van der Waals surface area (Å²) in [6.45, 7) is -0.913. The van der Waals surface area contributed by atoms with E-state index < -0.39 is 6.61 Å². The van der Waals surface area contributed by atoms with Crippen molar-refractivity contribution in [3.8, 4) is 17.2 Å². The van der Waals surface area contributed by atoms with Gasteiger partial charge in [-0.1, -0.05) is 24.3 Å². The highest BCUT2D eigenvalue weighted by Crippen LogP contribution is 2.34. The number of benzene rings is 2. The van der Waals surface area contributed by atoms with Crippen LogP contribution in [-0.2, 0) is 4.79 Å². The van der Waals surface area contributed by atoms with Crippen molar-refractivity contribution in [3.63, 3.8) is 0 Å². The molecule has 1 amide bonds. The summed E-state index contributed by atoms with van der Waals surface area (Å²) in [5.74, 6) is 0.956. The molecule has 0 saturated heterocycles. The minimum absolute atomic E-state index is 0.00960. The maximum Gasteiger partial charge on any atom is 0.387 e. The normalized spacial score (nSPS) is 13.8. The van der Waals surface area contributed by atoms with Gasteiger partial charge in [0.05, 0.1) is 6.04 Å². The van der Waals surface area contributed by atoms with E-state index in [2.05, 4.69) is 10.1 Å². The number of alkyl halides is 2. The van der Waals surface area contributed by atoms with E-state index in [9.17, 15) is 13.6 Å². The highest BCUT2D eigenvalue weighted by Gasteiger charge is 2.16. The van der Waals surface area contributed by atoms with Crippen molar-refractivity contribution in [1.29, 1.82) is 0 Å². The second-order valence-corrected chi connectivity index (χ2v) is 5.59. The molecule has 1 unspecified atom stereocenters. The molecule has 0 spiro atoms. The van der Waals surface area contributed by atoms with Gasteiger partial charge in [0, 0.05) is 11.6 Å². The topological polar surface area (TPSA) is 56.8 Å². The summed E-state index contributed by atoms with van der Waals surface area (Å²) in [6, 6.07) is 11.4. The molecular weight excluding hydrogens is 344 g/mol. The first-order chi connectivity index (χ1) is 12.5. The lowest BCUT2D eigenvalue weighted by Gasteiger charge is -2.13. The first kappa shape index (κ1) is 17.7. The number of nitrogens with one attached hydrogen (secondary N) is 1. The molecule has 1 N–H and O–H groups in total. The molecule has 5 nitrogen and oxygen atoms in total. The number of carbonyl (C=O) groups excluding carboxylic acids is 1. The van der Waals surface area contributed by atoms with Crippen molar-refractivity contribution in [2.75, 3.05) is 6.79 Å². The summed E-state index contributed by atoms with van der Waals surface area (Å²) in [5.41, 5.74) is 1.25. The number of rotatable bonds is 6. The van der Waals surface area contributed by atoms with Gasteiger partial charge >= 0.3 is 6.61 Å². The minimum atomic E-state index is -2.93. The molecule has 2 aromatic rings. The van der Waals surface area contributed by atoms with Crippen molar-refractivity contribution >= 4 is 12.0 Å². The van der Waals surface area contributed by atoms with Crippen LogP contribution in [0.3, 0.4) is 0 Å². The van der Waals surface area contributed by atoms with Gasteiger partial charge in [0.2, 0.25) is 12.7 Å². The van der Waals surface area contributed by atoms with Crippen LogP contribution in [-0.4, -0.2) is 19.3 Å². The molecule has 1 heterocycles. The van der Waals surface area contributed by atoms with Crippen LogP contribution < -0.4 is 19.5 Å². The van der Waals surface area contributed by atoms with E-state index in [0.29, 0.717) is 17.1 Å². The summed E-state index contributed by atoms with van der Waals surface area (Å²) >= 11 is 0. The third-order valence-corrected chi connectivity index (χ3v) is 3.80. The van der Waals surface area contributed by atoms with Gasteiger partial charge in [0.1, 0.15) is 5.75 Å². The third-order valence-electron chi connectivity index (χ3n) is 3.80. The van der Waals surface area contributed by atoms with E-state index >= 15 is 0 Å². The standard InChI is InChI=1S/C19H17F2NO4/c1-12(14-6-8-16-17(10-14)25-11-24-16)22-18(23)9-7-13-4-2-3-5-15(13)26-19(20)21/h2-10,12,19H,11H2,1H3,(H,22,23)/b9-7+. The Hall–Kier alpha value is -3.09. The van der Waals surface area contributed by atoms with Crippen molar-refractivity contribution in [1.82, 2.24) is 5.32 Å². The van der Waals surface area contributed by atoms with Gasteiger partial charge in [0.15, 0.2) is 11.5 Å². The van der Waals surface area contributed by atoms with Crippen LogP contribution in [0.2, 0.25) is 0 Å². The van der Waals surface area contributed by atoms with Crippen LogP contribution in [0.4, 0.5) is 8.78 Å². The first-order valence-electron chi connectivity index (χ1n) is 7.95. The van der Waals surface area contributed by atoms with Crippen LogP contribution in [0, 0.1) is 0 Å². The zero-order chi connectivity index (χ0) is 18.5. The number of ether oxygens (including phenoxy) is 3. The van der Waals surface area contributed by atoms with E-state index in [0.717, 1.165) is 5.56 Å². The predicted octanol–water partition coefficient (Wildman–Crippen LogP) is 3.91. The summed E-state index contributed by atoms with van der Waals surface area (Å²) in [6.07, 6.45) is 2.70. The summed E-state index contributed by atoms with van der Waals surface area (Å²) in [7, 11) is 0. The number of halogens is 2. The van der Waals surface area contributed by atoms with Crippen LogP contribution in [0.15, 0.2) is 48.5 Å². The Bertz CT molecular complexity index is 823. The fourth-order valence-corrected chi connectivity index (χ4v) is 2.51. The number of amides is 1. The van der Waals surface area contributed by atoms with Crippen molar-refractivity contribution in [3.05, 3.63) is 59.7 Å². The molecule has 0 bridgehead atoms. The molecule has 1 atom stereocenters. The summed E-state index contributed by atoms with van der Waals surface area (Å²) in [5, 5.41) is 2.81. The summed E-state index contributed by atoms with van der Waals surface area (Å²) in [4.78, 5) is 12.1. The van der Waals surface area contributed by atoms with Crippen molar-refractivity contribution in [2.24, 2.45) is 0 Å². The third kappa shape index (κ3) is 4.30. The van der Waals surface area contributed by atoms with Crippen molar-refractivity contribution < 1.29 is 27.8 Å². The molecule has 0 fully saturated rings. The van der Waals surface area contributed by atoms with E-state index in [4.69, 9.17) is 9.47 Å². The monoisotopic (exact) mass is 361 g/mol. The molecule has 2 aromatic carbocycles. The Morgan fingerprint density at radius 1 is 1.19 bits per heavy atom. The fraction of sp³-hybridized carbons (Fsp3) is 0.211. The molecule has 0 radical (unpaired) electrons. The molecule has 7 heteroatoms. The molecule has 0 aliphatic carbocycles. The maximum atomic E-state index is 12.4. The van der Waals surface area contributed by atoms with Gasteiger partial charge in [-0.15, -0.1) is 0 Å². The number of para-hydroxylation sites is 1. The van der Waals surface area contributed by atoms with Crippen LogP contribution in [0.1, 0.15) is 24.1 Å². The number of carbonyl (C=O) groups is 1. The number of fused-ring (bicyclic) bond motifs is 1. The molecule has 136 valence electrons. The Morgan fingerprint density at radius 3 is 2.77 bits per heavy atom.